The summed E-state index contributed by atoms with van der Waals surface area (Å²) in [7, 11) is 2.37. The first kappa shape index (κ1) is 16.2. The number of rotatable bonds is 2. The quantitative estimate of drug-likeness (QED) is 0.432. The average Bonchev–Trinajstić information content (AvgIpc) is 2.48. The Morgan fingerprint density at radius 2 is 1.65 bits per heavy atom. The number of carbonyl (C=O) groups is 2. The SMILES string of the molecule is COC(=O)/C(C#N)=C1/CCS/C(=C(\C#N)C(=O)OC)S1. The Kier molecular flexibility index (Phi) is 6.16. The summed E-state index contributed by atoms with van der Waals surface area (Å²) < 4.78 is 9.49. The number of hydrogen-bond donors (Lipinski definition) is 0. The van der Waals surface area contributed by atoms with Crippen molar-refractivity contribution in [3.63, 3.8) is 0 Å². The zero-order valence-electron chi connectivity index (χ0n) is 10.8. The molecule has 0 aromatic heterocycles. The van der Waals surface area contributed by atoms with Crippen molar-refractivity contribution in [3.8, 4) is 12.1 Å². The Bertz CT molecular complexity index is 531. The number of esters is 2. The van der Waals surface area contributed by atoms with Crippen LogP contribution in [0.15, 0.2) is 20.3 Å². The number of nitriles is 2. The zero-order valence-corrected chi connectivity index (χ0v) is 12.4. The molecule has 0 N–H and O–H groups in total. The van der Waals surface area contributed by atoms with Gasteiger partial charge in [0.15, 0.2) is 5.57 Å². The largest absolute Gasteiger partial charge is 0.465 e. The van der Waals surface area contributed by atoms with Gasteiger partial charge in [-0.2, -0.15) is 10.5 Å². The molecule has 0 atom stereocenters. The number of allylic oxidation sites excluding steroid dienone is 1. The van der Waals surface area contributed by atoms with Gasteiger partial charge in [0, 0.05) is 10.7 Å². The minimum Gasteiger partial charge on any atom is -0.465 e. The van der Waals surface area contributed by atoms with Gasteiger partial charge in [0.25, 0.3) is 0 Å². The summed E-state index contributed by atoms with van der Waals surface area (Å²) in [6.45, 7) is 0. The molecule has 1 aliphatic heterocycles. The first-order valence-electron chi connectivity index (χ1n) is 5.33. The van der Waals surface area contributed by atoms with E-state index in [4.69, 9.17) is 10.5 Å². The van der Waals surface area contributed by atoms with Crippen LogP contribution < -0.4 is 0 Å². The van der Waals surface area contributed by atoms with Crippen molar-refractivity contribution in [2.24, 2.45) is 0 Å². The van der Waals surface area contributed by atoms with Crippen molar-refractivity contribution in [1.29, 1.82) is 10.5 Å². The maximum Gasteiger partial charge on any atom is 0.350 e. The van der Waals surface area contributed by atoms with Gasteiger partial charge in [0.1, 0.15) is 17.7 Å². The monoisotopic (exact) mass is 310 g/mol. The molecular formula is C12H10N2O4S2. The zero-order chi connectivity index (χ0) is 15.1. The molecule has 0 bridgehead atoms. The highest BCUT2D eigenvalue weighted by Gasteiger charge is 2.26. The number of thioether (sulfide) groups is 2. The van der Waals surface area contributed by atoms with Crippen LogP contribution in [0.25, 0.3) is 0 Å². The van der Waals surface area contributed by atoms with Crippen molar-refractivity contribution in [1.82, 2.24) is 0 Å². The number of methoxy groups -OCH3 is 2. The number of carbonyl (C=O) groups excluding carboxylic acids is 2. The van der Waals surface area contributed by atoms with Gasteiger partial charge in [-0.05, 0) is 6.42 Å². The van der Waals surface area contributed by atoms with Crippen LogP contribution in [0.2, 0.25) is 0 Å². The van der Waals surface area contributed by atoms with Gasteiger partial charge in [-0.25, -0.2) is 9.59 Å². The van der Waals surface area contributed by atoms with E-state index >= 15 is 0 Å². The highest BCUT2D eigenvalue weighted by Crippen LogP contribution is 2.45. The van der Waals surface area contributed by atoms with E-state index in [2.05, 4.69) is 9.47 Å². The molecule has 1 rings (SSSR count). The summed E-state index contributed by atoms with van der Waals surface area (Å²) in [5.74, 6) is -0.902. The predicted molar refractivity (Wildman–Crippen MR) is 74.0 cm³/mol. The van der Waals surface area contributed by atoms with Gasteiger partial charge in [-0.15, -0.1) is 11.8 Å². The van der Waals surface area contributed by atoms with Crippen LogP contribution in [-0.4, -0.2) is 31.9 Å². The standard InChI is InChI=1S/C12H10N2O4S2/c1-17-10(15)7(5-13)9-3-4-19-12(20-9)8(6-14)11(16)18-2/h3-4H2,1-2H3/b9-7-,12-8-. The van der Waals surface area contributed by atoms with Gasteiger partial charge >= 0.3 is 11.9 Å². The van der Waals surface area contributed by atoms with Gasteiger partial charge in [0.2, 0.25) is 0 Å². The van der Waals surface area contributed by atoms with Gasteiger partial charge in [0.05, 0.1) is 18.5 Å². The third-order valence-electron chi connectivity index (χ3n) is 2.26. The molecule has 0 aromatic carbocycles. The van der Waals surface area contributed by atoms with Crippen LogP contribution in [-0.2, 0) is 19.1 Å². The highest BCUT2D eigenvalue weighted by atomic mass is 32.2. The van der Waals surface area contributed by atoms with E-state index < -0.39 is 11.9 Å². The summed E-state index contributed by atoms with van der Waals surface area (Å²) in [4.78, 5) is 23.4. The lowest BCUT2D eigenvalue weighted by Gasteiger charge is -2.17. The molecule has 1 heterocycles. The van der Waals surface area contributed by atoms with Gasteiger partial charge < -0.3 is 9.47 Å². The highest BCUT2D eigenvalue weighted by molar-refractivity contribution is 8.24. The Hall–Kier alpha value is -1.90. The summed E-state index contributed by atoms with van der Waals surface area (Å²) in [6.07, 6.45) is 0.497. The maximum absolute atomic E-state index is 11.5. The van der Waals surface area contributed by atoms with Crippen LogP contribution in [0.4, 0.5) is 0 Å². The van der Waals surface area contributed by atoms with E-state index in [0.717, 1.165) is 11.8 Å². The smallest absolute Gasteiger partial charge is 0.350 e. The van der Waals surface area contributed by atoms with Crippen LogP contribution in [0, 0.1) is 22.7 Å². The van der Waals surface area contributed by atoms with Crippen molar-refractivity contribution in [2.75, 3.05) is 20.0 Å². The lowest BCUT2D eigenvalue weighted by Crippen LogP contribution is -2.10. The number of hydrogen-bond acceptors (Lipinski definition) is 8. The van der Waals surface area contributed by atoms with E-state index in [-0.39, 0.29) is 11.1 Å². The molecule has 6 nitrogen and oxygen atoms in total. The fourth-order valence-corrected chi connectivity index (χ4v) is 3.90. The molecule has 0 saturated carbocycles. The molecule has 0 spiro atoms. The van der Waals surface area contributed by atoms with Crippen LogP contribution in [0.1, 0.15) is 6.42 Å². The molecule has 0 radical (unpaired) electrons. The Morgan fingerprint density at radius 1 is 1.10 bits per heavy atom. The summed E-state index contributed by atoms with van der Waals surface area (Å²) >= 11 is 2.37. The lowest BCUT2D eigenvalue weighted by molar-refractivity contribution is -0.136. The molecular weight excluding hydrogens is 300 g/mol. The summed E-state index contributed by atoms with van der Waals surface area (Å²) in [5, 5.41) is 18.0. The minimum absolute atomic E-state index is 0.0996. The second-order valence-corrected chi connectivity index (χ2v) is 5.84. The molecule has 104 valence electrons. The fourth-order valence-electron chi connectivity index (χ4n) is 1.33. The van der Waals surface area contributed by atoms with E-state index in [1.165, 1.54) is 26.0 Å². The second-order valence-electron chi connectivity index (χ2n) is 3.37. The fraction of sp³-hybridized carbons (Fsp3) is 0.333. The topological polar surface area (TPSA) is 100 Å². The predicted octanol–water partition coefficient (Wildman–Crippen LogP) is 1.72. The second kappa shape index (κ2) is 7.63. The molecule has 20 heavy (non-hydrogen) atoms. The Labute approximate surface area is 124 Å². The van der Waals surface area contributed by atoms with E-state index in [1.54, 1.807) is 12.1 Å². The first-order valence-corrected chi connectivity index (χ1v) is 7.14. The molecule has 0 unspecified atom stereocenters. The van der Waals surface area contributed by atoms with Gasteiger partial charge in [-0.1, -0.05) is 11.8 Å². The van der Waals surface area contributed by atoms with Crippen molar-refractivity contribution >= 4 is 35.5 Å². The molecule has 0 aromatic rings. The van der Waals surface area contributed by atoms with Crippen LogP contribution in [0.5, 0.6) is 0 Å². The minimum atomic E-state index is -0.736. The summed E-state index contributed by atoms with van der Waals surface area (Å²) in [5.41, 5.74) is -0.223. The molecule has 1 saturated heterocycles. The molecule has 1 aliphatic rings. The van der Waals surface area contributed by atoms with E-state index in [1.807, 2.05) is 0 Å². The number of nitrogens with zero attached hydrogens (tertiary/aromatic N) is 2. The van der Waals surface area contributed by atoms with Crippen LogP contribution in [0.3, 0.4) is 0 Å². The third-order valence-corrected chi connectivity index (χ3v) is 4.79. The Morgan fingerprint density at radius 3 is 2.15 bits per heavy atom. The van der Waals surface area contributed by atoms with Crippen molar-refractivity contribution in [2.45, 2.75) is 6.42 Å². The first-order chi connectivity index (χ1) is 9.58. The van der Waals surface area contributed by atoms with Crippen LogP contribution >= 0.6 is 23.5 Å². The molecule has 8 heteroatoms. The van der Waals surface area contributed by atoms with Crippen molar-refractivity contribution < 1.29 is 19.1 Å². The third kappa shape index (κ3) is 3.56. The Balaban J connectivity index is 3.21. The number of ether oxygens (including phenoxy) is 2. The average molecular weight is 310 g/mol. The lowest BCUT2D eigenvalue weighted by atomic mass is 10.2. The van der Waals surface area contributed by atoms with E-state index in [0.29, 0.717) is 21.3 Å². The molecule has 1 fully saturated rings. The maximum atomic E-state index is 11.5. The molecule has 0 aliphatic carbocycles. The molecule has 0 amide bonds. The summed E-state index contributed by atoms with van der Waals surface area (Å²) in [6, 6.07) is 3.58. The van der Waals surface area contributed by atoms with E-state index in [9.17, 15) is 9.59 Å². The normalized spacial score (nSPS) is 19.2. The van der Waals surface area contributed by atoms with Gasteiger partial charge in [-0.3, -0.25) is 0 Å². The van der Waals surface area contributed by atoms with Crippen molar-refractivity contribution in [3.05, 3.63) is 20.3 Å².